The van der Waals surface area contributed by atoms with E-state index in [0.717, 1.165) is 27.4 Å². The monoisotopic (exact) mass is 283 g/mol. The van der Waals surface area contributed by atoms with Crippen LogP contribution in [0, 0.1) is 0 Å². The summed E-state index contributed by atoms with van der Waals surface area (Å²) in [6.07, 6.45) is 0. The molecule has 0 atom stereocenters. The zero-order valence-corrected chi connectivity index (χ0v) is 11.9. The highest BCUT2D eigenvalue weighted by molar-refractivity contribution is 7.18. The van der Waals surface area contributed by atoms with Gasteiger partial charge in [-0.05, 0) is 41.2 Å². The van der Waals surface area contributed by atoms with Crippen LogP contribution in [0.5, 0.6) is 5.75 Å². The maximum Gasteiger partial charge on any atom is 0.330 e. The van der Waals surface area contributed by atoms with Gasteiger partial charge in [0.2, 0.25) is 0 Å². The Morgan fingerprint density at radius 2 is 1.65 bits per heavy atom. The first-order chi connectivity index (χ1) is 9.78. The lowest BCUT2D eigenvalue weighted by atomic mass is 10.1. The normalized spacial score (nSPS) is 10.4. The van der Waals surface area contributed by atoms with Crippen LogP contribution in [0.2, 0.25) is 0 Å². The van der Waals surface area contributed by atoms with Crippen LogP contribution >= 0.6 is 11.3 Å². The molecule has 0 amide bonds. The molecule has 0 aliphatic heterocycles. The lowest BCUT2D eigenvalue weighted by Crippen LogP contribution is -2.07. The molecule has 3 N–H and O–H groups in total. The number of hydrogen-bond donors (Lipinski definition) is 1. The van der Waals surface area contributed by atoms with Gasteiger partial charge in [0.15, 0.2) is 5.69 Å². The maximum absolute atomic E-state index is 5.95. The molecule has 0 aliphatic carbocycles. The zero-order valence-electron chi connectivity index (χ0n) is 11.1. The molecule has 1 aromatic heterocycles. The van der Waals surface area contributed by atoms with Gasteiger partial charge in [-0.2, -0.15) is 0 Å². The van der Waals surface area contributed by atoms with Crippen LogP contribution in [0.25, 0.3) is 21.7 Å². The molecule has 0 unspecified atom stereocenters. The summed E-state index contributed by atoms with van der Waals surface area (Å²) in [6.45, 7) is 0. The van der Waals surface area contributed by atoms with E-state index in [4.69, 9.17) is 10.5 Å². The first-order valence-electron chi connectivity index (χ1n) is 6.29. The first-order valence-corrected chi connectivity index (χ1v) is 7.11. The third-order valence-electron chi connectivity index (χ3n) is 3.10. The first kappa shape index (κ1) is 12.7. The summed E-state index contributed by atoms with van der Waals surface area (Å²) in [4.78, 5) is 4.40. The van der Waals surface area contributed by atoms with Gasteiger partial charge in [-0.1, -0.05) is 30.3 Å². The summed E-state index contributed by atoms with van der Waals surface area (Å²) in [5.74, 6) is 0.846. The summed E-state index contributed by atoms with van der Waals surface area (Å²) >= 11 is 1.56. The third-order valence-corrected chi connectivity index (χ3v) is 4.07. The Balaban J connectivity index is 2.09. The summed E-state index contributed by atoms with van der Waals surface area (Å²) in [5, 5.41) is 0.703. The van der Waals surface area contributed by atoms with E-state index in [1.54, 1.807) is 18.4 Å². The van der Waals surface area contributed by atoms with E-state index in [2.05, 4.69) is 17.1 Å². The van der Waals surface area contributed by atoms with Crippen molar-refractivity contribution in [3.05, 3.63) is 54.6 Å². The molecule has 100 valence electrons. The van der Waals surface area contributed by atoms with Crippen molar-refractivity contribution in [2.24, 2.45) is 0 Å². The van der Waals surface area contributed by atoms with Gasteiger partial charge in [-0.15, -0.1) is 0 Å². The minimum Gasteiger partial charge on any atom is -0.497 e. The van der Waals surface area contributed by atoms with Gasteiger partial charge in [0.1, 0.15) is 5.75 Å². The number of nitrogens with one attached hydrogen (secondary N) is 1. The van der Waals surface area contributed by atoms with Crippen molar-refractivity contribution < 1.29 is 9.72 Å². The minimum absolute atomic E-state index is 0.703. The van der Waals surface area contributed by atoms with Gasteiger partial charge >= 0.3 is 5.13 Å². The predicted molar refractivity (Wildman–Crippen MR) is 82.7 cm³/mol. The van der Waals surface area contributed by atoms with Crippen molar-refractivity contribution in [2.45, 2.75) is 0 Å². The number of aromatic nitrogens is 1. The second-order valence-corrected chi connectivity index (χ2v) is 5.44. The average molecular weight is 283 g/mol. The topological polar surface area (TPSA) is 49.4 Å². The van der Waals surface area contributed by atoms with E-state index in [1.807, 2.05) is 42.5 Å². The number of rotatable bonds is 3. The van der Waals surface area contributed by atoms with Crippen molar-refractivity contribution in [1.29, 1.82) is 0 Å². The maximum atomic E-state index is 5.95. The van der Waals surface area contributed by atoms with E-state index < -0.39 is 0 Å². The van der Waals surface area contributed by atoms with E-state index in [1.165, 1.54) is 0 Å². The van der Waals surface area contributed by atoms with Crippen molar-refractivity contribution in [2.75, 3.05) is 12.8 Å². The SMILES string of the molecule is COc1ccc(-c2[nH+]c(N)sc2-c2ccccc2)cc1. The number of nitrogens with two attached hydrogens (primary N) is 1. The molecule has 4 heteroatoms. The van der Waals surface area contributed by atoms with E-state index in [0.29, 0.717) is 5.13 Å². The molecule has 3 nitrogen and oxygen atoms in total. The lowest BCUT2D eigenvalue weighted by molar-refractivity contribution is -0.340. The second kappa shape index (κ2) is 5.35. The highest BCUT2D eigenvalue weighted by Gasteiger charge is 2.17. The number of ether oxygens (including phenoxy) is 1. The number of methoxy groups -OCH3 is 1. The summed E-state index contributed by atoms with van der Waals surface area (Å²) in [7, 11) is 1.67. The Kier molecular flexibility index (Phi) is 3.39. The van der Waals surface area contributed by atoms with Gasteiger partial charge in [0.05, 0.1) is 12.0 Å². The Morgan fingerprint density at radius 1 is 0.950 bits per heavy atom. The van der Waals surface area contributed by atoms with E-state index >= 15 is 0 Å². The van der Waals surface area contributed by atoms with E-state index in [9.17, 15) is 0 Å². The molecule has 0 fully saturated rings. The van der Waals surface area contributed by atoms with Gasteiger partial charge in [0, 0.05) is 5.56 Å². The van der Waals surface area contributed by atoms with Crippen LogP contribution in [-0.4, -0.2) is 7.11 Å². The summed E-state index contributed by atoms with van der Waals surface area (Å²) in [6, 6.07) is 18.2. The Labute approximate surface area is 121 Å². The Morgan fingerprint density at radius 3 is 2.30 bits per heavy atom. The van der Waals surface area contributed by atoms with Crippen LogP contribution in [-0.2, 0) is 0 Å². The smallest absolute Gasteiger partial charge is 0.330 e. The largest absolute Gasteiger partial charge is 0.497 e. The standard InChI is InChI=1S/C16H14N2OS/c1-19-13-9-7-11(8-10-13)14-15(20-16(17)18-14)12-5-3-2-4-6-12/h2-10H,1H3,(H2,17,18)/p+1. The number of thiazole rings is 1. The fourth-order valence-corrected chi connectivity index (χ4v) is 3.02. The molecule has 20 heavy (non-hydrogen) atoms. The molecule has 0 bridgehead atoms. The molecule has 0 spiro atoms. The summed E-state index contributed by atoms with van der Waals surface area (Å²) < 4.78 is 5.19. The second-order valence-electron chi connectivity index (χ2n) is 4.39. The zero-order chi connectivity index (χ0) is 13.9. The quantitative estimate of drug-likeness (QED) is 0.800. The number of benzene rings is 2. The van der Waals surface area contributed by atoms with Crippen molar-refractivity contribution in [3.63, 3.8) is 0 Å². The minimum atomic E-state index is 0.703. The highest BCUT2D eigenvalue weighted by atomic mass is 32.1. The number of H-pyrrole nitrogens is 1. The lowest BCUT2D eigenvalue weighted by Gasteiger charge is -2.02. The van der Waals surface area contributed by atoms with Crippen molar-refractivity contribution in [3.8, 4) is 27.4 Å². The van der Waals surface area contributed by atoms with Crippen LogP contribution in [0.3, 0.4) is 0 Å². The number of anilines is 1. The predicted octanol–water partition coefficient (Wildman–Crippen LogP) is 3.49. The molecule has 0 saturated carbocycles. The number of nitrogen functional groups attached to an aromatic ring is 1. The molecule has 0 aliphatic rings. The number of hydrogen-bond acceptors (Lipinski definition) is 3. The Bertz CT molecular complexity index is 705. The van der Waals surface area contributed by atoms with Crippen LogP contribution in [0.4, 0.5) is 5.13 Å². The van der Waals surface area contributed by atoms with Gasteiger partial charge in [0.25, 0.3) is 0 Å². The molecule has 3 rings (SSSR count). The molecule has 3 aromatic rings. The van der Waals surface area contributed by atoms with Gasteiger partial charge in [-0.25, -0.2) is 4.98 Å². The summed E-state index contributed by atoms with van der Waals surface area (Å²) in [5.41, 5.74) is 9.25. The van der Waals surface area contributed by atoms with Crippen LogP contribution < -0.4 is 15.5 Å². The van der Waals surface area contributed by atoms with E-state index in [-0.39, 0.29) is 0 Å². The highest BCUT2D eigenvalue weighted by Crippen LogP contribution is 2.35. The van der Waals surface area contributed by atoms with Gasteiger partial charge < -0.3 is 4.74 Å². The van der Waals surface area contributed by atoms with Crippen molar-refractivity contribution in [1.82, 2.24) is 0 Å². The van der Waals surface area contributed by atoms with Crippen LogP contribution in [0.1, 0.15) is 0 Å². The molecule has 0 saturated heterocycles. The average Bonchev–Trinajstić information content (AvgIpc) is 2.90. The van der Waals surface area contributed by atoms with Crippen LogP contribution in [0.15, 0.2) is 54.6 Å². The molecular formula is C16H15N2OS+. The fraction of sp³-hybridized carbons (Fsp3) is 0.0625. The van der Waals surface area contributed by atoms with Gasteiger partial charge in [-0.3, -0.25) is 5.73 Å². The molecular weight excluding hydrogens is 268 g/mol. The molecule has 2 aromatic carbocycles. The number of aromatic amines is 1. The Hall–Kier alpha value is -2.33. The molecule has 0 radical (unpaired) electrons. The van der Waals surface area contributed by atoms with Crippen molar-refractivity contribution >= 4 is 16.5 Å². The third kappa shape index (κ3) is 2.38. The fourth-order valence-electron chi connectivity index (χ4n) is 2.12. The molecule has 1 heterocycles.